The first-order valence-electron chi connectivity index (χ1n) is 10.3. The molecular weight excluding hydrogens is 393 g/mol. The zero-order valence-electron chi connectivity index (χ0n) is 18.9. The molecule has 2 aromatic carbocycles. The second kappa shape index (κ2) is 8.02. The van der Waals surface area contributed by atoms with Crippen LogP contribution in [0.25, 0.3) is 10.9 Å². The summed E-state index contributed by atoms with van der Waals surface area (Å²) < 4.78 is 23.2. The molecule has 7 nitrogen and oxygen atoms in total. The van der Waals surface area contributed by atoms with Crippen molar-refractivity contribution in [2.45, 2.75) is 45.4 Å². The maximum Gasteiger partial charge on any atom is 0.494 e. The molecule has 1 aliphatic heterocycles. The van der Waals surface area contributed by atoms with Crippen LogP contribution in [0, 0.1) is 0 Å². The standard InChI is InChI=1S/C23H28BN3O4/c1-22(2)23(3,4)31-24(30-22)16-8-10-19-18(11-16)21(27-14-26-19)25-13-15-7-9-17(28-5)12-20(15)29-6/h7-12,14H,13H2,1-6H3,(H,25,26,27). The molecule has 8 heteroatoms. The van der Waals surface area contributed by atoms with Gasteiger partial charge in [-0.05, 0) is 57.4 Å². The fourth-order valence-electron chi connectivity index (χ4n) is 3.52. The average Bonchev–Trinajstić information content (AvgIpc) is 2.98. The van der Waals surface area contributed by atoms with E-state index in [1.54, 1.807) is 20.5 Å². The van der Waals surface area contributed by atoms with Gasteiger partial charge in [0.15, 0.2) is 0 Å². The highest BCUT2D eigenvalue weighted by atomic mass is 16.7. The van der Waals surface area contributed by atoms with Crippen molar-refractivity contribution in [3.63, 3.8) is 0 Å². The summed E-state index contributed by atoms with van der Waals surface area (Å²) in [6.45, 7) is 8.73. The first-order chi connectivity index (χ1) is 14.7. The molecule has 31 heavy (non-hydrogen) atoms. The van der Waals surface area contributed by atoms with Crippen LogP contribution in [0.2, 0.25) is 0 Å². The molecule has 4 rings (SSSR count). The minimum Gasteiger partial charge on any atom is -0.497 e. The third kappa shape index (κ3) is 4.05. The molecular formula is C23H28BN3O4. The molecule has 0 radical (unpaired) electrons. The Balaban J connectivity index is 1.62. The summed E-state index contributed by atoms with van der Waals surface area (Å²) in [5.41, 5.74) is 1.99. The van der Waals surface area contributed by atoms with Crippen LogP contribution < -0.4 is 20.3 Å². The predicted molar refractivity (Wildman–Crippen MR) is 122 cm³/mol. The van der Waals surface area contributed by atoms with E-state index in [0.717, 1.165) is 39.2 Å². The van der Waals surface area contributed by atoms with Gasteiger partial charge in [-0.2, -0.15) is 0 Å². The number of benzene rings is 2. The summed E-state index contributed by atoms with van der Waals surface area (Å²) in [4.78, 5) is 8.87. The van der Waals surface area contributed by atoms with Crippen molar-refractivity contribution in [3.8, 4) is 11.5 Å². The average molecular weight is 421 g/mol. The van der Waals surface area contributed by atoms with Crippen molar-refractivity contribution < 1.29 is 18.8 Å². The first kappa shape index (κ1) is 21.4. The molecule has 1 saturated heterocycles. The normalized spacial score (nSPS) is 17.0. The number of hydrogen-bond acceptors (Lipinski definition) is 7. The van der Waals surface area contributed by atoms with E-state index in [9.17, 15) is 0 Å². The largest absolute Gasteiger partial charge is 0.497 e. The molecule has 0 amide bonds. The van der Waals surface area contributed by atoms with E-state index in [1.165, 1.54) is 0 Å². The van der Waals surface area contributed by atoms with E-state index in [-0.39, 0.29) is 0 Å². The molecule has 1 N–H and O–H groups in total. The molecule has 1 aromatic heterocycles. The molecule has 2 heterocycles. The number of rotatable bonds is 6. The molecule has 162 valence electrons. The maximum absolute atomic E-state index is 6.21. The van der Waals surface area contributed by atoms with Crippen LogP contribution in [0.15, 0.2) is 42.7 Å². The minimum atomic E-state index is -0.441. The number of hydrogen-bond donors (Lipinski definition) is 1. The van der Waals surface area contributed by atoms with Gasteiger partial charge in [0.2, 0.25) is 0 Å². The van der Waals surface area contributed by atoms with Crippen LogP contribution in [0.4, 0.5) is 5.82 Å². The fourth-order valence-corrected chi connectivity index (χ4v) is 3.52. The topological polar surface area (TPSA) is 74.7 Å². The minimum absolute atomic E-state index is 0.397. The lowest BCUT2D eigenvalue weighted by Crippen LogP contribution is -2.41. The molecule has 0 atom stereocenters. The highest BCUT2D eigenvalue weighted by Gasteiger charge is 2.51. The van der Waals surface area contributed by atoms with Gasteiger partial charge in [-0.15, -0.1) is 0 Å². The van der Waals surface area contributed by atoms with E-state index >= 15 is 0 Å². The summed E-state index contributed by atoms with van der Waals surface area (Å²) in [5, 5.41) is 4.32. The lowest BCUT2D eigenvalue weighted by Gasteiger charge is -2.32. The molecule has 0 saturated carbocycles. The number of anilines is 1. The van der Waals surface area contributed by atoms with Crippen molar-refractivity contribution in [2.75, 3.05) is 19.5 Å². The van der Waals surface area contributed by atoms with Gasteiger partial charge in [-0.1, -0.05) is 6.07 Å². The lowest BCUT2D eigenvalue weighted by atomic mass is 9.78. The summed E-state index contributed by atoms with van der Waals surface area (Å²) in [6.07, 6.45) is 1.56. The fraction of sp³-hybridized carbons (Fsp3) is 0.391. The Labute approximate surface area is 183 Å². The number of methoxy groups -OCH3 is 2. The highest BCUT2D eigenvalue weighted by molar-refractivity contribution is 6.62. The summed E-state index contributed by atoms with van der Waals surface area (Å²) in [5.74, 6) is 2.24. The molecule has 0 bridgehead atoms. The monoisotopic (exact) mass is 421 g/mol. The van der Waals surface area contributed by atoms with E-state index in [1.807, 2.05) is 64.1 Å². The Bertz CT molecular complexity index is 1090. The Morgan fingerprint density at radius 2 is 1.68 bits per heavy atom. The third-order valence-electron chi connectivity index (χ3n) is 6.13. The van der Waals surface area contributed by atoms with Gasteiger partial charge in [0, 0.05) is 23.6 Å². The van der Waals surface area contributed by atoms with E-state index in [2.05, 4.69) is 15.3 Å². The van der Waals surface area contributed by atoms with Gasteiger partial charge in [0.1, 0.15) is 23.6 Å². The quantitative estimate of drug-likeness (QED) is 0.610. The second-order valence-corrected chi connectivity index (χ2v) is 8.62. The summed E-state index contributed by atoms with van der Waals surface area (Å²) in [7, 11) is 2.84. The van der Waals surface area contributed by atoms with Gasteiger partial charge < -0.3 is 24.1 Å². The molecule has 0 unspecified atom stereocenters. The van der Waals surface area contributed by atoms with Crippen molar-refractivity contribution in [1.82, 2.24) is 9.97 Å². The maximum atomic E-state index is 6.21. The lowest BCUT2D eigenvalue weighted by molar-refractivity contribution is 0.00578. The number of fused-ring (bicyclic) bond motifs is 1. The Morgan fingerprint density at radius 3 is 2.35 bits per heavy atom. The molecule has 0 spiro atoms. The van der Waals surface area contributed by atoms with Crippen molar-refractivity contribution in [1.29, 1.82) is 0 Å². The van der Waals surface area contributed by atoms with Gasteiger partial charge >= 0.3 is 7.12 Å². The van der Waals surface area contributed by atoms with Crippen molar-refractivity contribution >= 4 is 29.3 Å². The van der Waals surface area contributed by atoms with Crippen molar-refractivity contribution in [3.05, 3.63) is 48.3 Å². The molecule has 1 fully saturated rings. The number of nitrogens with one attached hydrogen (secondary N) is 1. The van der Waals surface area contributed by atoms with Gasteiger partial charge in [-0.25, -0.2) is 9.97 Å². The van der Waals surface area contributed by atoms with Crippen LogP contribution in [0.5, 0.6) is 11.5 Å². The zero-order chi connectivity index (χ0) is 22.2. The van der Waals surface area contributed by atoms with Crippen LogP contribution in [0.1, 0.15) is 33.3 Å². The third-order valence-corrected chi connectivity index (χ3v) is 6.13. The predicted octanol–water partition coefficient (Wildman–Crippen LogP) is 3.56. The zero-order valence-corrected chi connectivity index (χ0v) is 18.9. The summed E-state index contributed by atoms with van der Waals surface area (Å²) >= 11 is 0. The Kier molecular flexibility index (Phi) is 5.53. The smallest absolute Gasteiger partial charge is 0.494 e. The molecule has 0 aliphatic carbocycles. The van der Waals surface area contributed by atoms with Crippen LogP contribution in [-0.4, -0.2) is 42.5 Å². The van der Waals surface area contributed by atoms with Crippen LogP contribution in [-0.2, 0) is 15.9 Å². The van der Waals surface area contributed by atoms with E-state index in [0.29, 0.717) is 6.54 Å². The van der Waals surface area contributed by atoms with E-state index in [4.69, 9.17) is 18.8 Å². The van der Waals surface area contributed by atoms with Gasteiger partial charge in [-0.3, -0.25) is 0 Å². The molecule has 1 aliphatic rings. The van der Waals surface area contributed by atoms with Gasteiger partial charge in [0.25, 0.3) is 0 Å². The van der Waals surface area contributed by atoms with Gasteiger partial charge in [0.05, 0.1) is 30.9 Å². The SMILES string of the molecule is COc1ccc(CNc2ncnc3ccc(B4OC(C)(C)C(C)(C)O4)cc23)c(OC)c1. The number of ether oxygens (including phenoxy) is 2. The van der Waals surface area contributed by atoms with Crippen molar-refractivity contribution in [2.24, 2.45) is 0 Å². The Morgan fingerprint density at radius 1 is 0.935 bits per heavy atom. The second-order valence-electron chi connectivity index (χ2n) is 8.62. The summed E-state index contributed by atoms with van der Waals surface area (Å²) in [6, 6.07) is 11.7. The first-order valence-corrected chi connectivity index (χ1v) is 10.3. The molecule has 3 aromatic rings. The van der Waals surface area contributed by atoms with Crippen LogP contribution in [0.3, 0.4) is 0 Å². The number of nitrogens with zero attached hydrogens (tertiary/aromatic N) is 2. The van der Waals surface area contributed by atoms with Crippen LogP contribution >= 0.6 is 0 Å². The Hall–Kier alpha value is -2.84. The highest BCUT2D eigenvalue weighted by Crippen LogP contribution is 2.36. The number of aromatic nitrogens is 2. The van der Waals surface area contributed by atoms with E-state index < -0.39 is 18.3 Å².